The van der Waals surface area contributed by atoms with Crippen molar-refractivity contribution in [3.8, 4) is 11.8 Å². The fraction of sp³-hybridized carbons (Fsp3) is 0.167. The Morgan fingerprint density at radius 2 is 2.04 bits per heavy atom. The second-order valence-corrected chi connectivity index (χ2v) is 5.85. The summed E-state index contributed by atoms with van der Waals surface area (Å²) in [5.74, 6) is -1.46. The van der Waals surface area contributed by atoms with Gasteiger partial charge in [-0.1, -0.05) is 6.57 Å². The molecular weight excluding hydrogens is 353 g/mol. The molecule has 0 saturated carbocycles. The van der Waals surface area contributed by atoms with Crippen LogP contribution in [0.1, 0.15) is 5.56 Å². The molecule has 2 rings (SSSR count). The molecule has 24 heavy (non-hydrogen) atoms. The summed E-state index contributed by atoms with van der Waals surface area (Å²) in [6.07, 6.45) is 0. The van der Waals surface area contributed by atoms with Crippen LogP contribution in [0.5, 0.6) is 5.75 Å². The Morgan fingerprint density at radius 1 is 1.42 bits per heavy atom. The molecule has 0 unspecified atom stereocenters. The number of aromatic nitrogens is 2. The van der Waals surface area contributed by atoms with Gasteiger partial charge in [-0.3, -0.25) is 4.79 Å². The zero-order chi connectivity index (χ0) is 18.3. The predicted molar refractivity (Wildman–Crippen MR) is 73.6 cm³/mol. The van der Waals surface area contributed by atoms with Gasteiger partial charge in [-0.25, -0.2) is 0 Å². The van der Waals surface area contributed by atoms with E-state index < -0.39 is 38.0 Å². The highest BCUT2D eigenvalue weighted by molar-refractivity contribution is 7.88. The molecule has 124 valence electrons. The van der Waals surface area contributed by atoms with Gasteiger partial charge in [-0.15, -0.1) is 4.98 Å². The number of hydrogen-bond acceptors (Lipinski definition) is 6. The predicted octanol–water partition coefficient (Wildman–Crippen LogP) is 1.58. The number of alkyl halides is 3. The van der Waals surface area contributed by atoms with Crippen molar-refractivity contribution in [1.82, 2.24) is 9.55 Å². The Bertz CT molecular complexity index is 1090. The quantitative estimate of drug-likeness (QED) is 0.458. The lowest BCUT2D eigenvalue weighted by Crippen LogP contribution is -2.30. The van der Waals surface area contributed by atoms with Gasteiger partial charge in [-0.05, 0) is 12.1 Å². The molecule has 0 bridgehead atoms. The van der Waals surface area contributed by atoms with Gasteiger partial charge in [0.1, 0.15) is 6.07 Å². The normalized spacial score (nSPS) is 11.8. The molecule has 2 aromatic rings. The van der Waals surface area contributed by atoms with Gasteiger partial charge in [0.05, 0.1) is 5.52 Å². The Hall–Kier alpha value is -3.12. The largest absolute Gasteiger partial charge is 0.534 e. The van der Waals surface area contributed by atoms with Gasteiger partial charge >= 0.3 is 15.6 Å². The van der Waals surface area contributed by atoms with E-state index in [1.165, 1.54) is 25.2 Å². The molecule has 2 aromatic heterocycles. The second kappa shape index (κ2) is 5.50. The van der Waals surface area contributed by atoms with Crippen molar-refractivity contribution >= 4 is 27.0 Å². The molecule has 0 aliphatic carbocycles. The third kappa shape index (κ3) is 2.63. The van der Waals surface area contributed by atoms with Crippen molar-refractivity contribution in [3.63, 3.8) is 0 Å². The first kappa shape index (κ1) is 17.2. The Balaban J connectivity index is 2.96. The van der Waals surface area contributed by atoms with Crippen LogP contribution in [-0.2, 0) is 17.2 Å². The number of hydrogen-bond donors (Lipinski definition) is 0. The van der Waals surface area contributed by atoms with Gasteiger partial charge in [0.25, 0.3) is 11.4 Å². The van der Waals surface area contributed by atoms with Crippen LogP contribution in [0.4, 0.5) is 19.0 Å². The van der Waals surface area contributed by atoms with Gasteiger partial charge in [0.15, 0.2) is 5.56 Å². The summed E-state index contributed by atoms with van der Waals surface area (Å²) in [5, 5.41) is 9.00. The van der Waals surface area contributed by atoms with Crippen LogP contribution in [0.25, 0.3) is 15.9 Å². The lowest BCUT2D eigenvalue weighted by Gasteiger charge is -2.12. The van der Waals surface area contributed by atoms with E-state index in [1.807, 2.05) is 0 Å². The fourth-order valence-electron chi connectivity index (χ4n) is 1.77. The van der Waals surface area contributed by atoms with E-state index in [0.717, 1.165) is 4.57 Å². The van der Waals surface area contributed by atoms with Crippen LogP contribution in [0.15, 0.2) is 16.9 Å². The molecule has 8 nitrogen and oxygen atoms in total. The van der Waals surface area contributed by atoms with Crippen molar-refractivity contribution in [2.45, 2.75) is 5.51 Å². The molecule has 0 radical (unpaired) electrons. The maximum atomic E-state index is 12.5. The summed E-state index contributed by atoms with van der Waals surface area (Å²) >= 11 is 0. The SMILES string of the molecule is [C-]#[N+]c1ccc2c(n1)c(OS(=O)(=O)C(F)(F)F)c(C#N)c(=O)n2C. The minimum atomic E-state index is -6.14. The summed E-state index contributed by atoms with van der Waals surface area (Å²) in [5.41, 5.74) is -8.47. The molecule has 12 heteroatoms. The van der Waals surface area contributed by atoms with Crippen LogP contribution in [0, 0.1) is 17.9 Å². The third-order valence-electron chi connectivity index (χ3n) is 2.88. The molecular formula is C12H5F3N4O4S. The standard InChI is InChI=1S/C12H5F3N4O4S/c1-17-8-4-3-7-9(18-8)10(6(5-16)11(20)19(7)2)23-24(21,22)12(13,14)15/h3-4H,2H3. The topological polar surface area (TPSA) is 106 Å². The first-order valence-corrected chi connectivity index (χ1v) is 7.26. The lowest BCUT2D eigenvalue weighted by atomic mass is 10.2. The van der Waals surface area contributed by atoms with Crippen molar-refractivity contribution in [3.05, 3.63) is 39.5 Å². The molecule has 0 aliphatic heterocycles. The van der Waals surface area contributed by atoms with E-state index in [4.69, 9.17) is 11.8 Å². The van der Waals surface area contributed by atoms with E-state index in [0.29, 0.717) is 0 Å². The maximum absolute atomic E-state index is 12.5. The van der Waals surface area contributed by atoms with E-state index in [9.17, 15) is 26.4 Å². The molecule has 0 aromatic carbocycles. The van der Waals surface area contributed by atoms with Gasteiger partial charge in [0.2, 0.25) is 11.3 Å². The summed E-state index contributed by atoms with van der Waals surface area (Å²) in [7, 11) is -4.94. The minimum absolute atomic E-state index is 0.112. The average molecular weight is 358 g/mol. The third-order valence-corrected chi connectivity index (χ3v) is 3.84. The first-order chi connectivity index (χ1) is 11.0. The molecule has 0 N–H and O–H groups in total. The Labute approximate surface area is 132 Å². The number of rotatable bonds is 2. The average Bonchev–Trinajstić information content (AvgIpc) is 2.51. The molecule has 0 aliphatic rings. The molecule has 2 heterocycles. The molecule has 0 atom stereocenters. The smallest absolute Gasteiger partial charge is 0.370 e. The Morgan fingerprint density at radius 3 is 2.54 bits per heavy atom. The van der Waals surface area contributed by atoms with Gasteiger partial charge in [-0.2, -0.15) is 26.9 Å². The van der Waals surface area contributed by atoms with E-state index in [1.54, 1.807) is 0 Å². The molecule has 0 amide bonds. The maximum Gasteiger partial charge on any atom is 0.534 e. The highest BCUT2D eigenvalue weighted by atomic mass is 32.2. The lowest BCUT2D eigenvalue weighted by molar-refractivity contribution is -0.0499. The zero-order valence-electron chi connectivity index (χ0n) is 11.6. The van der Waals surface area contributed by atoms with Crippen LogP contribution in [0.2, 0.25) is 0 Å². The summed E-state index contributed by atoms with van der Waals surface area (Å²) in [6, 6.07) is 3.64. The van der Waals surface area contributed by atoms with Crippen LogP contribution in [-0.4, -0.2) is 23.5 Å². The van der Waals surface area contributed by atoms with Crippen molar-refractivity contribution in [2.75, 3.05) is 0 Å². The molecule has 0 saturated heterocycles. The van der Waals surface area contributed by atoms with E-state index in [2.05, 4.69) is 14.0 Å². The summed E-state index contributed by atoms with van der Waals surface area (Å²) in [4.78, 5) is 18.6. The molecule has 0 fully saturated rings. The summed E-state index contributed by atoms with van der Waals surface area (Å²) in [6.45, 7) is 6.85. The van der Waals surface area contributed by atoms with Crippen LogP contribution in [0.3, 0.4) is 0 Å². The number of fused-ring (bicyclic) bond motifs is 1. The number of nitriles is 1. The fourth-order valence-corrected chi connectivity index (χ4v) is 2.25. The monoisotopic (exact) mass is 358 g/mol. The Kier molecular flexibility index (Phi) is 3.95. The first-order valence-electron chi connectivity index (χ1n) is 5.85. The van der Waals surface area contributed by atoms with Crippen molar-refractivity contribution in [1.29, 1.82) is 5.26 Å². The highest BCUT2D eigenvalue weighted by Gasteiger charge is 2.49. The number of halogens is 3. The van der Waals surface area contributed by atoms with Crippen LogP contribution < -0.4 is 9.74 Å². The minimum Gasteiger partial charge on any atom is -0.370 e. The van der Waals surface area contributed by atoms with Crippen molar-refractivity contribution in [2.24, 2.45) is 7.05 Å². The molecule has 0 spiro atoms. The van der Waals surface area contributed by atoms with Crippen LogP contribution >= 0.6 is 0 Å². The van der Waals surface area contributed by atoms with E-state index >= 15 is 0 Å². The number of nitrogens with zero attached hydrogens (tertiary/aromatic N) is 4. The number of pyridine rings is 2. The van der Waals surface area contributed by atoms with Crippen molar-refractivity contribution < 1.29 is 25.8 Å². The van der Waals surface area contributed by atoms with Gasteiger partial charge < -0.3 is 13.6 Å². The number of aryl methyl sites for hydroxylation is 1. The summed E-state index contributed by atoms with van der Waals surface area (Å²) < 4.78 is 64.9. The highest BCUT2D eigenvalue weighted by Crippen LogP contribution is 2.32. The van der Waals surface area contributed by atoms with E-state index in [-0.39, 0.29) is 11.3 Å². The second-order valence-electron chi connectivity index (χ2n) is 4.31. The zero-order valence-corrected chi connectivity index (χ0v) is 12.4. The van der Waals surface area contributed by atoms with Gasteiger partial charge in [0, 0.05) is 7.05 Å².